The first kappa shape index (κ1) is 10.4. The van der Waals surface area contributed by atoms with Gasteiger partial charge in [-0.25, -0.2) is 4.79 Å². The average Bonchev–Trinajstić information content (AvgIpc) is 1.85. The summed E-state index contributed by atoms with van der Waals surface area (Å²) >= 11 is 0. The van der Waals surface area contributed by atoms with Crippen molar-refractivity contribution in [2.24, 2.45) is 0 Å². The normalized spacial score (nSPS) is 15.2. The van der Waals surface area contributed by atoms with Crippen LogP contribution >= 0.6 is 0 Å². The first-order valence-corrected chi connectivity index (χ1v) is 4.93. The van der Waals surface area contributed by atoms with E-state index in [4.69, 9.17) is 0 Å². The van der Waals surface area contributed by atoms with Crippen molar-refractivity contribution in [1.82, 2.24) is 5.32 Å². The highest BCUT2D eigenvalue weighted by molar-refractivity contribution is 7.84. The smallest absolute Gasteiger partial charge is 0.407 e. The van der Waals surface area contributed by atoms with Crippen molar-refractivity contribution in [2.75, 3.05) is 19.1 Å². The summed E-state index contributed by atoms with van der Waals surface area (Å²) in [6, 6.07) is -0.103. The molecule has 0 radical (unpaired) electrons. The largest absolute Gasteiger partial charge is 0.453 e. The van der Waals surface area contributed by atoms with Crippen LogP contribution in [0.1, 0.15) is 6.92 Å². The predicted molar refractivity (Wildman–Crippen MR) is 43.9 cm³/mol. The van der Waals surface area contributed by atoms with Crippen molar-refractivity contribution in [2.45, 2.75) is 13.0 Å². The Morgan fingerprint density at radius 3 is 2.64 bits per heavy atom. The minimum atomic E-state index is -0.884. The number of amides is 1. The van der Waals surface area contributed by atoms with E-state index in [0.717, 1.165) is 0 Å². The van der Waals surface area contributed by atoms with Crippen molar-refractivity contribution in [1.29, 1.82) is 0 Å². The molecule has 5 heteroatoms. The first-order valence-electron chi connectivity index (χ1n) is 3.20. The van der Waals surface area contributed by atoms with Crippen molar-refractivity contribution in [3.05, 3.63) is 0 Å². The lowest BCUT2D eigenvalue weighted by molar-refractivity contribution is 0.168. The van der Waals surface area contributed by atoms with Gasteiger partial charge in [0.2, 0.25) is 0 Å². The van der Waals surface area contributed by atoms with Gasteiger partial charge in [0.25, 0.3) is 0 Å². The number of rotatable bonds is 3. The molecule has 0 aromatic rings. The van der Waals surface area contributed by atoms with Gasteiger partial charge in [0.05, 0.1) is 7.11 Å². The summed E-state index contributed by atoms with van der Waals surface area (Å²) in [5, 5.41) is 2.51. The third kappa shape index (κ3) is 5.84. The van der Waals surface area contributed by atoms with Gasteiger partial charge in [0.1, 0.15) is 0 Å². The molecule has 0 saturated heterocycles. The summed E-state index contributed by atoms with van der Waals surface area (Å²) < 4.78 is 15.0. The van der Waals surface area contributed by atoms with Crippen LogP contribution in [0, 0.1) is 0 Å². The number of ether oxygens (including phenoxy) is 1. The Kier molecular flexibility index (Phi) is 4.85. The minimum absolute atomic E-state index is 0.103. The van der Waals surface area contributed by atoms with Crippen molar-refractivity contribution < 1.29 is 13.7 Å². The van der Waals surface area contributed by atoms with Gasteiger partial charge in [-0.05, 0) is 6.92 Å². The third-order valence-corrected chi connectivity index (χ3v) is 2.00. The van der Waals surface area contributed by atoms with E-state index in [2.05, 4.69) is 10.1 Å². The molecule has 0 aliphatic heterocycles. The van der Waals surface area contributed by atoms with Crippen molar-refractivity contribution in [3.63, 3.8) is 0 Å². The Balaban J connectivity index is 3.60. The van der Waals surface area contributed by atoms with Crippen LogP contribution in [0.3, 0.4) is 0 Å². The van der Waals surface area contributed by atoms with Crippen molar-refractivity contribution >= 4 is 16.9 Å². The number of carbonyl (C=O) groups is 1. The standard InChI is InChI=1S/C6H13NO3S/c1-5(4-11(3)9)7-6(8)10-2/h5H,4H2,1-3H3,(H,7,8). The van der Waals surface area contributed by atoms with Gasteiger partial charge in [-0.2, -0.15) is 0 Å². The highest BCUT2D eigenvalue weighted by atomic mass is 32.2. The Morgan fingerprint density at radius 2 is 2.27 bits per heavy atom. The lowest BCUT2D eigenvalue weighted by Crippen LogP contribution is -2.35. The number of hydrogen-bond acceptors (Lipinski definition) is 3. The van der Waals surface area contributed by atoms with Crippen LogP contribution < -0.4 is 5.32 Å². The van der Waals surface area contributed by atoms with Crippen LogP contribution in [-0.4, -0.2) is 35.5 Å². The molecule has 66 valence electrons. The SMILES string of the molecule is COC(=O)NC(C)CS(C)=O. The summed E-state index contributed by atoms with van der Waals surface area (Å²) in [6.45, 7) is 1.78. The molecule has 0 spiro atoms. The van der Waals surface area contributed by atoms with Gasteiger partial charge in [0, 0.05) is 28.9 Å². The quantitative estimate of drug-likeness (QED) is 0.669. The Hall–Kier alpha value is -0.580. The van der Waals surface area contributed by atoms with E-state index < -0.39 is 16.9 Å². The number of carbonyl (C=O) groups excluding carboxylic acids is 1. The van der Waals surface area contributed by atoms with Crippen LogP contribution in [0.2, 0.25) is 0 Å². The van der Waals surface area contributed by atoms with Gasteiger partial charge in [-0.1, -0.05) is 0 Å². The second kappa shape index (κ2) is 5.12. The Labute approximate surface area is 68.8 Å². The molecule has 0 bridgehead atoms. The molecule has 0 aromatic heterocycles. The molecule has 0 heterocycles. The maximum Gasteiger partial charge on any atom is 0.407 e. The van der Waals surface area contributed by atoms with Crippen LogP contribution in [0.25, 0.3) is 0 Å². The number of methoxy groups -OCH3 is 1. The van der Waals surface area contributed by atoms with Gasteiger partial charge in [-0.15, -0.1) is 0 Å². The molecule has 0 saturated carbocycles. The first-order chi connectivity index (χ1) is 5.06. The second-order valence-electron chi connectivity index (χ2n) is 2.28. The Bertz CT molecular complexity index is 160. The van der Waals surface area contributed by atoms with Crippen molar-refractivity contribution in [3.8, 4) is 0 Å². The fourth-order valence-corrected chi connectivity index (χ4v) is 1.44. The van der Waals surface area contributed by atoms with Gasteiger partial charge in [0.15, 0.2) is 0 Å². The lowest BCUT2D eigenvalue weighted by Gasteiger charge is -2.10. The molecule has 1 N–H and O–H groups in total. The summed E-state index contributed by atoms with van der Waals surface area (Å²) in [5.74, 6) is 0.453. The predicted octanol–water partition coefficient (Wildman–Crippen LogP) is 0.109. The molecule has 2 unspecified atom stereocenters. The summed E-state index contributed by atoms with van der Waals surface area (Å²) in [5.41, 5.74) is 0. The fraction of sp³-hybridized carbons (Fsp3) is 0.833. The summed E-state index contributed by atoms with van der Waals surface area (Å²) in [6.07, 6.45) is 1.11. The van der Waals surface area contributed by atoms with E-state index in [1.807, 2.05) is 0 Å². The minimum Gasteiger partial charge on any atom is -0.453 e. The molecular weight excluding hydrogens is 166 g/mol. The number of alkyl carbamates (subject to hydrolysis) is 1. The fourth-order valence-electron chi connectivity index (χ4n) is 0.654. The Morgan fingerprint density at radius 1 is 1.73 bits per heavy atom. The van der Waals surface area contributed by atoms with E-state index >= 15 is 0 Å². The summed E-state index contributed by atoms with van der Waals surface area (Å²) in [4.78, 5) is 10.6. The molecule has 0 aromatic carbocycles. The topological polar surface area (TPSA) is 55.4 Å². The van der Waals surface area contributed by atoms with Crippen LogP contribution in [0.5, 0.6) is 0 Å². The number of nitrogens with one attached hydrogen (secondary N) is 1. The zero-order valence-electron chi connectivity index (χ0n) is 6.92. The molecule has 2 atom stereocenters. The molecule has 0 fully saturated rings. The third-order valence-electron chi connectivity index (χ3n) is 1.03. The maximum absolute atomic E-state index is 10.6. The van der Waals surface area contributed by atoms with Crippen LogP contribution in [0.15, 0.2) is 0 Å². The van der Waals surface area contributed by atoms with Crippen LogP contribution in [-0.2, 0) is 15.5 Å². The van der Waals surface area contributed by atoms with E-state index in [-0.39, 0.29) is 6.04 Å². The highest BCUT2D eigenvalue weighted by Gasteiger charge is 2.07. The molecule has 0 rings (SSSR count). The van der Waals surface area contributed by atoms with E-state index in [9.17, 15) is 9.00 Å². The van der Waals surface area contributed by atoms with Gasteiger partial charge in [-0.3, -0.25) is 4.21 Å². The zero-order chi connectivity index (χ0) is 8.85. The molecule has 4 nitrogen and oxygen atoms in total. The zero-order valence-corrected chi connectivity index (χ0v) is 7.73. The van der Waals surface area contributed by atoms with Gasteiger partial charge < -0.3 is 10.1 Å². The van der Waals surface area contributed by atoms with E-state index in [0.29, 0.717) is 5.75 Å². The molecule has 1 amide bonds. The van der Waals surface area contributed by atoms with E-state index in [1.54, 1.807) is 13.2 Å². The van der Waals surface area contributed by atoms with Gasteiger partial charge >= 0.3 is 6.09 Å². The maximum atomic E-state index is 10.6. The second-order valence-corrected chi connectivity index (χ2v) is 3.76. The number of hydrogen-bond donors (Lipinski definition) is 1. The molecule has 0 aliphatic rings. The van der Waals surface area contributed by atoms with E-state index in [1.165, 1.54) is 7.11 Å². The molecule has 0 aliphatic carbocycles. The highest BCUT2D eigenvalue weighted by Crippen LogP contribution is 1.86. The molecule has 11 heavy (non-hydrogen) atoms. The average molecular weight is 179 g/mol. The van der Waals surface area contributed by atoms with Crippen LogP contribution in [0.4, 0.5) is 4.79 Å². The molecular formula is C6H13NO3S. The monoisotopic (exact) mass is 179 g/mol. The summed E-state index contributed by atoms with van der Waals surface area (Å²) in [7, 11) is 0.412. The lowest BCUT2D eigenvalue weighted by atomic mass is 10.4.